The summed E-state index contributed by atoms with van der Waals surface area (Å²) >= 11 is 0. The van der Waals surface area contributed by atoms with Crippen molar-refractivity contribution in [3.05, 3.63) is 30.1 Å². The monoisotopic (exact) mass is 300 g/mol. The average molecular weight is 300 g/mol. The molecular weight excluding hydrogens is 276 g/mol. The molecule has 118 valence electrons. The highest BCUT2D eigenvalue weighted by Gasteiger charge is 2.67. The zero-order valence-electron chi connectivity index (χ0n) is 12.8. The number of carbonyl (C=O) groups excluding carboxylic acids is 1. The van der Waals surface area contributed by atoms with Crippen LogP contribution in [0.3, 0.4) is 0 Å². The van der Waals surface area contributed by atoms with Gasteiger partial charge in [-0.2, -0.15) is 0 Å². The fourth-order valence-corrected chi connectivity index (χ4v) is 5.05. The topological polar surface area (TPSA) is 62.2 Å². The van der Waals surface area contributed by atoms with Crippen LogP contribution in [-0.2, 0) is 11.2 Å². The Morgan fingerprint density at radius 3 is 2.73 bits per heavy atom. The first-order chi connectivity index (χ1) is 10.8. The molecule has 0 saturated heterocycles. The van der Waals surface area contributed by atoms with Gasteiger partial charge in [-0.3, -0.25) is 9.78 Å². The van der Waals surface area contributed by atoms with Gasteiger partial charge in [-0.1, -0.05) is 6.07 Å². The molecule has 3 fully saturated rings. The van der Waals surface area contributed by atoms with Gasteiger partial charge >= 0.3 is 0 Å². The number of hydrogen-bond donors (Lipinski definition) is 2. The highest BCUT2D eigenvalue weighted by molar-refractivity contribution is 5.82. The molecule has 0 radical (unpaired) electrons. The lowest BCUT2D eigenvalue weighted by atomic mass is 10.0. The molecule has 2 bridgehead atoms. The van der Waals surface area contributed by atoms with E-state index in [1.54, 1.807) is 6.20 Å². The maximum Gasteiger partial charge on any atom is 0.223 e. The van der Waals surface area contributed by atoms with Gasteiger partial charge < -0.3 is 10.4 Å². The van der Waals surface area contributed by atoms with E-state index in [2.05, 4.69) is 10.3 Å². The van der Waals surface area contributed by atoms with Crippen molar-refractivity contribution in [1.82, 2.24) is 10.3 Å². The maximum absolute atomic E-state index is 12.4. The smallest absolute Gasteiger partial charge is 0.223 e. The Bertz CT molecular complexity index is 531. The number of nitrogens with zero attached hydrogens (tertiary/aromatic N) is 1. The van der Waals surface area contributed by atoms with Crippen molar-refractivity contribution in [2.45, 2.75) is 25.7 Å². The standard InChI is InChI=1S/C18H24N2O2/c21-10-11(7-14-3-1-2-6-19-14)9-20-18(22)17-15-12-4-5-13(8-12)16(15)17/h1-3,6,11-13,15-17,21H,4-5,7-10H2,(H,20,22). The van der Waals surface area contributed by atoms with Gasteiger partial charge in [-0.05, 0) is 61.5 Å². The summed E-state index contributed by atoms with van der Waals surface area (Å²) in [5.41, 5.74) is 0.970. The van der Waals surface area contributed by atoms with E-state index in [1.165, 1.54) is 19.3 Å². The zero-order valence-corrected chi connectivity index (χ0v) is 12.8. The molecule has 0 spiro atoms. The van der Waals surface area contributed by atoms with Gasteiger partial charge in [-0.15, -0.1) is 0 Å². The number of aliphatic hydroxyl groups excluding tert-OH is 1. The van der Waals surface area contributed by atoms with E-state index < -0.39 is 0 Å². The summed E-state index contributed by atoms with van der Waals surface area (Å²) in [6, 6.07) is 5.81. The van der Waals surface area contributed by atoms with E-state index >= 15 is 0 Å². The lowest BCUT2D eigenvalue weighted by molar-refractivity contribution is -0.123. The van der Waals surface area contributed by atoms with Crippen molar-refractivity contribution in [3.8, 4) is 0 Å². The van der Waals surface area contributed by atoms with E-state index in [1.807, 2.05) is 18.2 Å². The molecule has 5 atom stereocenters. The Morgan fingerprint density at radius 2 is 2.09 bits per heavy atom. The van der Waals surface area contributed by atoms with Gasteiger partial charge in [0.25, 0.3) is 0 Å². The number of hydrogen-bond acceptors (Lipinski definition) is 3. The number of nitrogens with one attached hydrogen (secondary N) is 1. The molecule has 4 rings (SSSR count). The predicted octanol–water partition coefficient (Wildman–Crippen LogP) is 1.64. The van der Waals surface area contributed by atoms with Gasteiger partial charge in [0.1, 0.15) is 0 Å². The van der Waals surface area contributed by atoms with Crippen LogP contribution in [0.1, 0.15) is 25.0 Å². The Morgan fingerprint density at radius 1 is 1.32 bits per heavy atom. The molecule has 3 aliphatic carbocycles. The van der Waals surface area contributed by atoms with E-state index in [9.17, 15) is 9.90 Å². The molecule has 3 aliphatic rings. The molecular formula is C18H24N2O2. The predicted molar refractivity (Wildman–Crippen MR) is 82.8 cm³/mol. The summed E-state index contributed by atoms with van der Waals surface area (Å²) in [5, 5.41) is 12.6. The van der Waals surface area contributed by atoms with Crippen LogP contribution in [-0.4, -0.2) is 29.1 Å². The highest BCUT2D eigenvalue weighted by Crippen LogP contribution is 2.69. The summed E-state index contributed by atoms with van der Waals surface area (Å²) in [7, 11) is 0. The van der Waals surface area contributed by atoms with Crippen LogP contribution in [0.15, 0.2) is 24.4 Å². The van der Waals surface area contributed by atoms with E-state index in [-0.39, 0.29) is 24.3 Å². The first kappa shape index (κ1) is 14.2. The van der Waals surface area contributed by atoms with Crippen LogP contribution >= 0.6 is 0 Å². The van der Waals surface area contributed by atoms with Crippen molar-refractivity contribution >= 4 is 5.91 Å². The molecule has 2 N–H and O–H groups in total. The summed E-state index contributed by atoms with van der Waals surface area (Å²) in [5.74, 6) is 3.57. The summed E-state index contributed by atoms with van der Waals surface area (Å²) in [6.45, 7) is 0.636. The molecule has 5 unspecified atom stereocenters. The van der Waals surface area contributed by atoms with Crippen molar-refractivity contribution in [2.24, 2.45) is 35.5 Å². The second kappa shape index (κ2) is 5.65. The number of amides is 1. The Kier molecular flexibility index (Phi) is 3.65. The fraction of sp³-hybridized carbons (Fsp3) is 0.667. The number of fused-ring (bicyclic) bond motifs is 5. The Hall–Kier alpha value is -1.42. The molecule has 3 saturated carbocycles. The van der Waals surface area contributed by atoms with Crippen molar-refractivity contribution in [2.75, 3.05) is 13.2 Å². The third-order valence-electron chi connectivity index (χ3n) is 6.09. The fourth-order valence-electron chi connectivity index (χ4n) is 5.05. The van der Waals surface area contributed by atoms with Crippen LogP contribution in [0.4, 0.5) is 0 Å². The van der Waals surface area contributed by atoms with Crippen LogP contribution in [0.2, 0.25) is 0 Å². The number of aromatic nitrogens is 1. The molecule has 4 nitrogen and oxygen atoms in total. The minimum Gasteiger partial charge on any atom is -0.396 e. The Labute approximate surface area is 131 Å². The maximum atomic E-state index is 12.4. The highest BCUT2D eigenvalue weighted by atomic mass is 16.3. The molecule has 0 aromatic carbocycles. The summed E-state index contributed by atoms with van der Waals surface area (Å²) in [6.07, 6.45) is 6.53. The SMILES string of the molecule is O=C(NCC(CO)Cc1ccccn1)C1C2C3CCC(C3)C12. The van der Waals surface area contributed by atoms with E-state index in [0.717, 1.165) is 17.5 Å². The average Bonchev–Trinajstić information content (AvgIpc) is 3.00. The number of pyridine rings is 1. The third kappa shape index (κ3) is 2.43. The Balaban J connectivity index is 1.28. The summed E-state index contributed by atoms with van der Waals surface area (Å²) in [4.78, 5) is 16.7. The third-order valence-corrected chi connectivity index (χ3v) is 6.09. The first-order valence-electron chi connectivity index (χ1n) is 8.56. The van der Waals surface area contributed by atoms with Crippen molar-refractivity contribution < 1.29 is 9.90 Å². The summed E-state index contributed by atoms with van der Waals surface area (Å²) < 4.78 is 0. The van der Waals surface area contributed by atoms with Gasteiger partial charge in [0.2, 0.25) is 5.91 Å². The van der Waals surface area contributed by atoms with Crippen LogP contribution in [0.25, 0.3) is 0 Å². The van der Waals surface area contributed by atoms with Gasteiger partial charge in [0.15, 0.2) is 0 Å². The second-order valence-corrected chi connectivity index (χ2v) is 7.33. The van der Waals surface area contributed by atoms with Gasteiger partial charge in [0.05, 0.1) is 0 Å². The minimum atomic E-state index is 0.0502. The molecule has 1 aromatic rings. The van der Waals surface area contributed by atoms with E-state index in [4.69, 9.17) is 0 Å². The lowest BCUT2D eigenvalue weighted by Gasteiger charge is -2.16. The van der Waals surface area contributed by atoms with E-state index in [0.29, 0.717) is 24.8 Å². The number of carbonyl (C=O) groups is 1. The van der Waals surface area contributed by atoms with Crippen LogP contribution < -0.4 is 5.32 Å². The molecule has 22 heavy (non-hydrogen) atoms. The quantitative estimate of drug-likeness (QED) is 0.839. The first-order valence-corrected chi connectivity index (χ1v) is 8.56. The van der Waals surface area contributed by atoms with Crippen LogP contribution in [0, 0.1) is 35.5 Å². The molecule has 0 aliphatic heterocycles. The molecule has 1 aromatic heterocycles. The largest absolute Gasteiger partial charge is 0.396 e. The van der Waals surface area contributed by atoms with Crippen molar-refractivity contribution in [1.29, 1.82) is 0 Å². The van der Waals surface area contributed by atoms with Gasteiger partial charge in [0, 0.05) is 36.9 Å². The minimum absolute atomic E-state index is 0.0502. The molecule has 1 amide bonds. The zero-order chi connectivity index (χ0) is 15.1. The normalized spacial score (nSPS) is 36.0. The van der Waals surface area contributed by atoms with Crippen molar-refractivity contribution in [3.63, 3.8) is 0 Å². The van der Waals surface area contributed by atoms with Gasteiger partial charge in [-0.25, -0.2) is 0 Å². The number of aliphatic hydroxyl groups is 1. The number of rotatable bonds is 6. The lowest BCUT2D eigenvalue weighted by Crippen LogP contribution is -2.34. The molecule has 4 heteroatoms. The van der Waals surface area contributed by atoms with Crippen LogP contribution in [0.5, 0.6) is 0 Å². The molecule has 1 heterocycles. The second-order valence-electron chi connectivity index (χ2n) is 7.33.